The van der Waals surface area contributed by atoms with E-state index in [1.807, 2.05) is 0 Å². The number of aromatic nitrogens is 2. The van der Waals surface area contributed by atoms with E-state index in [9.17, 15) is 22.8 Å². The van der Waals surface area contributed by atoms with Gasteiger partial charge in [0.25, 0.3) is 0 Å². The zero-order valence-corrected chi connectivity index (χ0v) is 11.6. The van der Waals surface area contributed by atoms with Crippen LogP contribution in [0.15, 0.2) is 39.7 Å². The molecule has 1 N–H and O–H groups in total. The fourth-order valence-electron chi connectivity index (χ4n) is 1.63. The Morgan fingerprint density at radius 2 is 1.95 bits per heavy atom. The largest absolute Gasteiger partial charge is 0.476 e. The van der Waals surface area contributed by atoms with E-state index in [4.69, 9.17) is 5.11 Å². The first-order valence-corrected chi connectivity index (χ1v) is 6.20. The Bertz CT molecular complexity index is 771. The van der Waals surface area contributed by atoms with Crippen LogP contribution in [0.1, 0.15) is 16.1 Å². The van der Waals surface area contributed by atoms with E-state index in [-0.39, 0.29) is 10.2 Å². The normalized spacial score (nSPS) is 11.4. The third-order valence-electron chi connectivity index (χ3n) is 2.52. The Morgan fingerprint density at radius 3 is 2.52 bits per heavy atom. The summed E-state index contributed by atoms with van der Waals surface area (Å²) in [6.07, 6.45) is -3.68. The van der Waals surface area contributed by atoms with E-state index < -0.39 is 28.8 Å². The van der Waals surface area contributed by atoms with Gasteiger partial charge in [0.1, 0.15) is 0 Å². The molecule has 2 aromatic rings. The van der Waals surface area contributed by atoms with Crippen molar-refractivity contribution in [3.63, 3.8) is 0 Å². The minimum absolute atomic E-state index is 0.207. The van der Waals surface area contributed by atoms with Crippen molar-refractivity contribution < 1.29 is 23.1 Å². The molecule has 0 unspecified atom stereocenters. The molecule has 0 aliphatic rings. The van der Waals surface area contributed by atoms with Crippen LogP contribution in [0.3, 0.4) is 0 Å². The number of nitrogens with zero attached hydrogens (tertiary/aromatic N) is 2. The molecule has 5 nitrogen and oxygen atoms in total. The van der Waals surface area contributed by atoms with Gasteiger partial charge in [-0.05, 0) is 18.2 Å². The van der Waals surface area contributed by atoms with Gasteiger partial charge in [-0.3, -0.25) is 4.79 Å². The van der Waals surface area contributed by atoms with Crippen LogP contribution in [-0.4, -0.2) is 20.9 Å². The Labute approximate surface area is 123 Å². The van der Waals surface area contributed by atoms with Crippen molar-refractivity contribution in [3.8, 4) is 5.69 Å². The molecule has 1 heterocycles. The molecule has 0 spiro atoms. The van der Waals surface area contributed by atoms with Crippen LogP contribution in [0, 0.1) is 0 Å². The highest BCUT2D eigenvalue weighted by molar-refractivity contribution is 9.10. The van der Waals surface area contributed by atoms with Gasteiger partial charge < -0.3 is 5.11 Å². The van der Waals surface area contributed by atoms with Crippen molar-refractivity contribution in [3.05, 3.63) is 56.4 Å². The van der Waals surface area contributed by atoms with Crippen LogP contribution >= 0.6 is 15.9 Å². The molecular weight excluding hydrogens is 357 g/mol. The summed E-state index contributed by atoms with van der Waals surface area (Å²) < 4.78 is 40.0. The van der Waals surface area contributed by atoms with Gasteiger partial charge in [-0.15, -0.1) is 0 Å². The van der Waals surface area contributed by atoms with Gasteiger partial charge in [0, 0.05) is 16.7 Å². The lowest BCUT2D eigenvalue weighted by Gasteiger charge is -2.14. The number of alkyl halides is 3. The van der Waals surface area contributed by atoms with Crippen molar-refractivity contribution in [1.82, 2.24) is 9.78 Å². The standard InChI is InChI=1S/C12H6BrF3N2O3/c13-6-1-2-8(7(5-6)12(14,15)16)18-4-3-9(19)10(17-18)11(20)21/h1-5H,(H,20,21). The Morgan fingerprint density at radius 1 is 1.29 bits per heavy atom. The number of carboxylic acids is 1. The number of halogens is 4. The van der Waals surface area contributed by atoms with Crippen molar-refractivity contribution in [2.75, 3.05) is 0 Å². The maximum Gasteiger partial charge on any atom is 0.418 e. The highest BCUT2D eigenvalue weighted by Gasteiger charge is 2.34. The lowest BCUT2D eigenvalue weighted by Crippen LogP contribution is -2.21. The fraction of sp³-hybridized carbons (Fsp3) is 0.0833. The molecular formula is C12H6BrF3N2O3. The van der Waals surface area contributed by atoms with Crippen LogP contribution < -0.4 is 5.43 Å². The van der Waals surface area contributed by atoms with E-state index in [1.54, 1.807) is 0 Å². The molecule has 110 valence electrons. The summed E-state index contributed by atoms with van der Waals surface area (Å²) in [5, 5.41) is 12.2. The number of carboxylic acid groups (broad SMARTS) is 1. The average molecular weight is 363 g/mol. The van der Waals surface area contributed by atoms with Gasteiger partial charge in [-0.1, -0.05) is 15.9 Å². The maximum atomic E-state index is 13.0. The van der Waals surface area contributed by atoms with Crippen LogP contribution in [-0.2, 0) is 6.18 Å². The molecule has 0 amide bonds. The summed E-state index contributed by atoms with van der Waals surface area (Å²) >= 11 is 2.94. The first-order chi connectivity index (χ1) is 9.70. The SMILES string of the molecule is O=C(O)c1nn(-c2ccc(Br)cc2C(F)(F)F)ccc1=O. The number of hydrogen-bond donors (Lipinski definition) is 1. The van der Waals surface area contributed by atoms with E-state index in [0.29, 0.717) is 4.68 Å². The van der Waals surface area contributed by atoms with Gasteiger partial charge in [-0.25, -0.2) is 9.48 Å². The highest BCUT2D eigenvalue weighted by atomic mass is 79.9. The van der Waals surface area contributed by atoms with E-state index in [2.05, 4.69) is 21.0 Å². The predicted molar refractivity (Wildman–Crippen MR) is 69.5 cm³/mol. The van der Waals surface area contributed by atoms with Crippen LogP contribution in [0.25, 0.3) is 5.69 Å². The topological polar surface area (TPSA) is 72.2 Å². The molecule has 2 rings (SSSR count). The van der Waals surface area contributed by atoms with Crippen LogP contribution in [0.5, 0.6) is 0 Å². The third-order valence-corrected chi connectivity index (χ3v) is 3.01. The van der Waals surface area contributed by atoms with Gasteiger partial charge >= 0.3 is 12.1 Å². The van der Waals surface area contributed by atoms with Gasteiger partial charge in [0.2, 0.25) is 11.1 Å². The van der Waals surface area contributed by atoms with E-state index >= 15 is 0 Å². The Kier molecular flexibility index (Phi) is 3.86. The van der Waals surface area contributed by atoms with E-state index in [0.717, 1.165) is 24.4 Å². The summed E-state index contributed by atoms with van der Waals surface area (Å²) in [6.45, 7) is 0. The monoisotopic (exact) mass is 362 g/mol. The lowest BCUT2D eigenvalue weighted by atomic mass is 10.1. The maximum absolute atomic E-state index is 13.0. The molecule has 21 heavy (non-hydrogen) atoms. The molecule has 1 aromatic heterocycles. The van der Waals surface area contributed by atoms with Crippen molar-refractivity contribution in [2.24, 2.45) is 0 Å². The summed E-state index contributed by atoms with van der Waals surface area (Å²) in [5.74, 6) is -1.61. The number of aromatic carboxylic acids is 1. The minimum atomic E-state index is -4.66. The van der Waals surface area contributed by atoms with Crippen LogP contribution in [0.4, 0.5) is 13.2 Å². The summed E-state index contributed by atoms with van der Waals surface area (Å²) in [7, 11) is 0. The molecule has 9 heteroatoms. The van der Waals surface area contributed by atoms with Gasteiger partial charge in [-0.2, -0.15) is 18.3 Å². The van der Waals surface area contributed by atoms with E-state index in [1.165, 1.54) is 6.07 Å². The smallest absolute Gasteiger partial charge is 0.418 e. The quantitative estimate of drug-likeness (QED) is 0.891. The fourth-order valence-corrected chi connectivity index (χ4v) is 1.99. The van der Waals surface area contributed by atoms with Gasteiger partial charge in [0.15, 0.2) is 0 Å². The second kappa shape index (κ2) is 5.32. The molecule has 0 radical (unpaired) electrons. The number of benzene rings is 1. The Balaban J connectivity index is 2.71. The van der Waals surface area contributed by atoms with Crippen LogP contribution in [0.2, 0.25) is 0 Å². The number of hydrogen-bond acceptors (Lipinski definition) is 3. The Hall–Kier alpha value is -2.16. The molecule has 0 saturated heterocycles. The zero-order chi connectivity index (χ0) is 15.8. The number of rotatable bonds is 2. The summed E-state index contributed by atoms with van der Waals surface area (Å²) in [4.78, 5) is 22.1. The molecule has 0 aliphatic heterocycles. The molecule has 0 saturated carbocycles. The lowest BCUT2D eigenvalue weighted by molar-refractivity contribution is -0.137. The molecule has 0 fully saturated rings. The molecule has 1 aromatic carbocycles. The van der Waals surface area contributed by atoms with Gasteiger partial charge in [0.05, 0.1) is 11.3 Å². The third kappa shape index (κ3) is 3.13. The molecule has 0 atom stereocenters. The van der Waals surface area contributed by atoms with Crippen molar-refractivity contribution in [1.29, 1.82) is 0 Å². The number of carbonyl (C=O) groups is 1. The first kappa shape index (κ1) is 15.2. The highest BCUT2D eigenvalue weighted by Crippen LogP contribution is 2.35. The summed E-state index contributed by atoms with van der Waals surface area (Å²) in [5.41, 5.74) is -3.13. The minimum Gasteiger partial charge on any atom is -0.476 e. The first-order valence-electron chi connectivity index (χ1n) is 5.40. The second-order valence-electron chi connectivity index (χ2n) is 3.94. The predicted octanol–water partition coefficient (Wildman–Crippen LogP) is 2.71. The van der Waals surface area contributed by atoms with Crippen molar-refractivity contribution in [2.45, 2.75) is 6.18 Å². The van der Waals surface area contributed by atoms with Crippen molar-refractivity contribution >= 4 is 21.9 Å². The molecule has 0 aliphatic carbocycles. The molecule has 0 bridgehead atoms. The summed E-state index contributed by atoms with van der Waals surface area (Å²) in [6, 6.07) is 4.16. The average Bonchev–Trinajstić information content (AvgIpc) is 2.38. The zero-order valence-electron chi connectivity index (χ0n) is 10.1. The second-order valence-corrected chi connectivity index (χ2v) is 4.85.